The fraction of sp³-hybridized carbons (Fsp3) is 0.417. The smallest absolute Gasteiger partial charge is 0.408 e. The molecule has 1 saturated heterocycles. The highest BCUT2D eigenvalue weighted by Crippen LogP contribution is 2.38. The number of nitrogens with zero attached hydrogens (tertiary/aromatic N) is 2. The number of alkyl halides is 3. The average Bonchev–Trinajstić information content (AvgIpc) is 3.13. The molecule has 1 fully saturated rings. The summed E-state index contributed by atoms with van der Waals surface area (Å²) >= 11 is 1.24. The summed E-state index contributed by atoms with van der Waals surface area (Å²) in [5.41, 5.74) is 14.7. The summed E-state index contributed by atoms with van der Waals surface area (Å²) in [5, 5.41) is 3.71. The zero-order valence-electron chi connectivity index (χ0n) is 19.1. The van der Waals surface area contributed by atoms with Crippen LogP contribution in [0.5, 0.6) is 5.75 Å². The van der Waals surface area contributed by atoms with Crippen molar-refractivity contribution in [3.05, 3.63) is 46.5 Å². The molecular formula is C24H26F3N5O2S. The van der Waals surface area contributed by atoms with Gasteiger partial charge in [0.2, 0.25) is 0 Å². The molecule has 0 spiro atoms. The van der Waals surface area contributed by atoms with E-state index in [0.717, 1.165) is 16.6 Å². The van der Waals surface area contributed by atoms with Gasteiger partial charge in [-0.05, 0) is 49.9 Å². The molecule has 2 aliphatic heterocycles. The van der Waals surface area contributed by atoms with Crippen LogP contribution in [0.15, 0.2) is 30.3 Å². The lowest BCUT2D eigenvalue weighted by atomic mass is 9.96. The number of benzene rings is 1. The second-order valence-electron chi connectivity index (χ2n) is 9.17. The number of halogens is 3. The molecule has 0 aliphatic carbocycles. The topological polar surface area (TPSA) is 106 Å². The summed E-state index contributed by atoms with van der Waals surface area (Å²) in [5.74, 6) is 0.223. The molecule has 2 aromatic heterocycles. The molecule has 0 bridgehead atoms. The number of aromatic nitrogens is 1. The normalized spacial score (nSPS) is 22.5. The number of ether oxygens (including phenoxy) is 1. The van der Waals surface area contributed by atoms with Crippen molar-refractivity contribution in [3.63, 3.8) is 0 Å². The quantitative estimate of drug-likeness (QED) is 0.500. The minimum Gasteiger partial charge on any atom is -0.491 e. The maximum absolute atomic E-state index is 13.6. The van der Waals surface area contributed by atoms with Crippen LogP contribution in [0.25, 0.3) is 10.2 Å². The summed E-state index contributed by atoms with van der Waals surface area (Å²) in [6.07, 6.45) is -3.54. The van der Waals surface area contributed by atoms with Gasteiger partial charge in [-0.3, -0.25) is 4.79 Å². The zero-order chi connectivity index (χ0) is 24.9. The van der Waals surface area contributed by atoms with Crippen LogP contribution in [0.2, 0.25) is 0 Å². The monoisotopic (exact) mass is 505 g/mol. The SMILES string of the molecule is Cc1ccc2c(N)c(C(=O)N[C@H]3COc4cc(N5C[C@@H](N)CC[C@@H]5C(F)(F)F)ccc4C3)sc2n1. The molecule has 4 heterocycles. The number of anilines is 2. The van der Waals surface area contributed by atoms with Gasteiger partial charge in [0.05, 0.1) is 11.7 Å². The molecule has 0 unspecified atom stereocenters. The molecule has 7 nitrogen and oxygen atoms in total. The molecule has 3 aromatic rings. The first-order valence-electron chi connectivity index (χ1n) is 11.4. The Labute approximate surface area is 204 Å². The lowest BCUT2D eigenvalue weighted by molar-refractivity contribution is -0.153. The first kappa shape index (κ1) is 23.7. The van der Waals surface area contributed by atoms with E-state index in [4.69, 9.17) is 16.2 Å². The van der Waals surface area contributed by atoms with Crippen molar-refractivity contribution in [2.45, 2.75) is 50.5 Å². The number of aryl methyl sites for hydroxylation is 1. The third-order valence-corrected chi connectivity index (χ3v) is 7.67. The van der Waals surface area contributed by atoms with E-state index in [1.54, 1.807) is 18.2 Å². The second kappa shape index (κ2) is 8.87. The van der Waals surface area contributed by atoms with E-state index in [0.29, 0.717) is 39.7 Å². The van der Waals surface area contributed by atoms with Crippen LogP contribution in [-0.2, 0) is 6.42 Å². The number of piperidine rings is 1. The van der Waals surface area contributed by atoms with E-state index >= 15 is 0 Å². The van der Waals surface area contributed by atoms with Gasteiger partial charge in [0.1, 0.15) is 28.1 Å². The molecule has 5 rings (SSSR count). The highest BCUT2D eigenvalue weighted by Gasteiger charge is 2.46. The summed E-state index contributed by atoms with van der Waals surface area (Å²) in [7, 11) is 0. The predicted molar refractivity (Wildman–Crippen MR) is 130 cm³/mol. The Morgan fingerprint density at radius 3 is 2.83 bits per heavy atom. The Morgan fingerprint density at radius 2 is 2.06 bits per heavy atom. The summed E-state index contributed by atoms with van der Waals surface area (Å²) < 4.78 is 46.7. The number of amides is 1. The average molecular weight is 506 g/mol. The largest absolute Gasteiger partial charge is 0.491 e. The van der Waals surface area contributed by atoms with E-state index in [9.17, 15) is 18.0 Å². The first-order valence-corrected chi connectivity index (χ1v) is 12.2. The Morgan fingerprint density at radius 1 is 1.26 bits per heavy atom. The fourth-order valence-corrected chi connectivity index (χ4v) is 5.81. The molecule has 1 amide bonds. The van der Waals surface area contributed by atoms with Gasteiger partial charge in [0.15, 0.2) is 0 Å². The Kier molecular flexibility index (Phi) is 6.00. The van der Waals surface area contributed by atoms with Gasteiger partial charge in [-0.15, -0.1) is 11.3 Å². The summed E-state index contributed by atoms with van der Waals surface area (Å²) in [4.78, 5) is 19.8. The molecule has 2 aliphatic rings. The molecule has 186 valence electrons. The van der Waals surface area contributed by atoms with E-state index in [1.165, 1.54) is 16.2 Å². The van der Waals surface area contributed by atoms with Gasteiger partial charge in [-0.1, -0.05) is 6.07 Å². The van der Waals surface area contributed by atoms with Gasteiger partial charge in [0, 0.05) is 35.4 Å². The number of fused-ring (bicyclic) bond motifs is 2. The molecule has 1 aromatic carbocycles. The first-order chi connectivity index (χ1) is 16.6. The van der Waals surface area contributed by atoms with Crippen LogP contribution in [0.1, 0.15) is 33.8 Å². The third-order valence-electron chi connectivity index (χ3n) is 6.56. The van der Waals surface area contributed by atoms with Crippen molar-refractivity contribution in [3.8, 4) is 5.75 Å². The van der Waals surface area contributed by atoms with Gasteiger partial charge in [-0.25, -0.2) is 4.98 Å². The van der Waals surface area contributed by atoms with Gasteiger partial charge >= 0.3 is 6.18 Å². The minimum atomic E-state index is -4.34. The van der Waals surface area contributed by atoms with E-state index in [1.807, 2.05) is 19.1 Å². The lowest BCUT2D eigenvalue weighted by Crippen LogP contribution is -2.54. The van der Waals surface area contributed by atoms with Crippen molar-refractivity contribution in [2.75, 3.05) is 23.8 Å². The molecule has 5 N–H and O–H groups in total. The number of thiophene rings is 1. The van der Waals surface area contributed by atoms with Crippen molar-refractivity contribution in [1.82, 2.24) is 10.3 Å². The predicted octanol–water partition coefficient (Wildman–Crippen LogP) is 3.78. The summed E-state index contributed by atoms with van der Waals surface area (Å²) in [6, 6.07) is 6.59. The highest BCUT2D eigenvalue weighted by molar-refractivity contribution is 7.21. The van der Waals surface area contributed by atoms with Crippen molar-refractivity contribution >= 4 is 38.8 Å². The van der Waals surface area contributed by atoms with E-state index < -0.39 is 12.2 Å². The fourth-order valence-electron chi connectivity index (χ4n) is 4.77. The molecular weight excluding hydrogens is 479 g/mol. The minimum absolute atomic E-state index is 0.0351. The number of nitrogen functional groups attached to an aromatic ring is 1. The maximum atomic E-state index is 13.6. The maximum Gasteiger partial charge on any atom is 0.408 e. The number of rotatable bonds is 3. The molecule has 11 heteroatoms. The van der Waals surface area contributed by atoms with E-state index in [2.05, 4.69) is 10.3 Å². The zero-order valence-corrected chi connectivity index (χ0v) is 19.9. The molecule has 0 radical (unpaired) electrons. The van der Waals surface area contributed by atoms with Crippen molar-refractivity contribution in [1.29, 1.82) is 0 Å². The van der Waals surface area contributed by atoms with Crippen LogP contribution < -0.4 is 26.4 Å². The van der Waals surface area contributed by atoms with Crippen LogP contribution in [0.3, 0.4) is 0 Å². The number of hydrogen-bond acceptors (Lipinski definition) is 7. The second-order valence-corrected chi connectivity index (χ2v) is 10.2. The third kappa shape index (κ3) is 4.62. The van der Waals surface area contributed by atoms with Crippen LogP contribution in [0.4, 0.5) is 24.5 Å². The van der Waals surface area contributed by atoms with Crippen molar-refractivity contribution in [2.24, 2.45) is 5.73 Å². The molecule has 0 saturated carbocycles. The Hall–Kier alpha value is -3.05. The molecule has 3 atom stereocenters. The van der Waals surface area contributed by atoms with Crippen LogP contribution >= 0.6 is 11.3 Å². The number of carbonyl (C=O) groups is 1. The Balaban J connectivity index is 1.31. The van der Waals surface area contributed by atoms with E-state index in [-0.39, 0.29) is 37.6 Å². The number of carbonyl (C=O) groups excluding carboxylic acids is 1. The number of pyridine rings is 1. The van der Waals surface area contributed by atoms with Gasteiger partial charge in [-0.2, -0.15) is 13.2 Å². The standard InChI is InChI=1S/C24H26F3N5O2S/c1-12-2-6-17-20(29)21(35-23(17)30-12)22(33)31-15-8-13-3-5-16(9-18(13)34-11-15)32-10-14(28)4-7-19(32)24(25,26)27/h2-3,5-6,9,14-15,19H,4,7-8,10-11,28-29H2,1H3,(H,31,33)/t14-,15+,19+/m0/s1. The lowest BCUT2D eigenvalue weighted by Gasteiger charge is -2.41. The van der Waals surface area contributed by atoms with Crippen LogP contribution in [-0.4, -0.2) is 48.3 Å². The van der Waals surface area contributed by atoms with Crippen molar-refractivity contribution < 1.29 is 22.7 Å². The number of nitrogens with one attached hydrogen (secondary N) is 1. The summed E-state index contributed by atoms with van der Waals surface area (Å²) in [6.45, 7) is 2.21. The molecule has 35 heavy (non-hydrogen) atoms. The van der Waals surface area contributed by atoms with Gasteiger partial charge < -0.3 is 26.4 Å². The Bertz CT molecular complexity index is 1280. The highest BCUT2D eigenvalue weighted by atomic mass is 32.1. The van der Waals surface area contributed by atoms with Crippen LogP contribution in [0, 0.1) is 6.92 Å². The van der Waals surface area contributed by atoms with Gasteiger partial charge in [0.25, 0.3) is 5.91 Å². The number of nitrogens with two attached hydrogens (primary N) is 2. The number of hydrogen-bond donors (Lipinski definition) is 3.